The van der Waals surface area contributed by atoms with E-state index in [1.165, 1.54) is 12.1 Å². The van der Waals surface area contributed by atoms with Crippen LogP contribution >= 0.6 is 0 Å². The van der Waals surface area contributed by atoms with E-state index in [1.54, 1.807) is 48.8 Å². The molecule has 0 aliphatic rings. The number of anilines is 1. The number of pyridine rings is 2. The van der Waals surface area contributed by atoms with Gasteiger partial charge in [0.15, 0.2) is 0 Å². The third kappa shape index (κ3) is 4.37. The summed E-state index contributed by atoms with van der Waals surface area (Å²) < 4.78 is 33.1. The molecule has 0 amide bonds. The van der Waals surface area contributed by atoms with E-state index >= 15 is 0 Å². The van der Waals surface area contributed by atoms with Crippen LogP contribution in [0.2, 0.25) is 0 Å². The van der Waals surface area contributed by atoms with E-state index in [0.29, 0.717) is 18.1 Å². The van der Waals surface area contributed by atoms with Gasteiger partial charge >= 0.3 is 0 Å². The molecule has 2 aromatic heterocycles. The van der Waals surface area contributed by atoms with Crippen LogP contribution in [0.25, 0.3) is 11.3 Å². The predicted molar refractivity (Wildman–Crippen MR) is 101 cm³/mol. The lowest BCUT2D eigenvalue weighted by Crippen LogP contribution is -2.14. The van der Waals surface area contributed by atoms with Gasteiger partial charge < -0.3 is 4.74 Å². The average molecular weight is 369 g/mol. The lowest BCUT2D eigenvalue weighted by Gasteiger charge is -2.10. The van der Waals surface area contributed by atoms with Crippen LogP contribution in [0.15, 0.2) is 71.9 Å². The Bertz CT molecular complexity index is 959. The quantitative estimate of drug-likeness (QED) is 0.686. The summed E-state index contributed by atoms with van der Waals surface area (Å²) in [5.41, 5.74) is 1.45. The van der Waals surface area contributed by atoms with Crippen LogP contribution in [0.3, 0.4) is 0 Å². The first-order chi connectivity index (χ1) is 12.6. The van der Waals surface area contributed by atoms with Gasteiger partial charge in [0.05, 0.1) is 17.2 Å². The van der Waals surface area contributed by atoms with Crippen molar-refractivity contribution < 1.29 is 13.2 Å². The third-order valence-electron chi connectivity index (χ3n) is 3.55. The summed E-state index contributed by atoms with van der Waals surface area (Å²) >= 11 is 0. The van der Waals surface area contributed by atoms with Crippen molar-refractivity contribution in [3.05, 3.63) is 67.0 Å². The molecule has 0 radical (unpaired) electrons. The van der Waals surface area contributed by atoms with E-state index in [4.69, 9.17) is 4.74 Å². The minimum absolute atomic E-state index is 0.148. The molecule has 7 heteroatoms. The minimum Gasteiger partial charge on any atom is -0.494 e. The normalized spacial score (nSPS) is 11.1. The van der Waals surface area contributed by atoms with Crippen LogP contribution in [-0.2, 0) is 10.0 Å². The molecule has 0 saturated carbocycles. The Balaban J connectivity index is 1.79. The van der Waals surface area contributed by atoms with Crippen LogP contribution in [0.4, 0.5) is 5.82 Å². The molecule has 3 rings (SSSR count). The molecule has 0 saturated heterocycles. The van der Waals surface area contributed by atoms with Gasteiger partial charge in [0.25, 0.3) is 10.0 Å². The maximum absolute atomic E-state index is 12.6. The van der Waals surface area contributed by atoms with Crippen molar-refractivity contribution >= 4 is 15.8 Å². The van der Waals surface area contributed by atoms with Gasteiger partial charge in [-0.25, -0.2) is 13.4 Å². The lowest BCUT2D eigenvalue weighted by atomic mass is 10.2. The van der Waals surface area contributed by atoms with Gasteiger partial charge in [-0.3, -0.25) is 9.71 Å². The van der Waals surface area contributed by atoms with Crippen LogP contribution in [0.5, 0.6) is 5.75 Å². The molecule has 0 bridgehead atoms. The summed E-state index contributed by atoms with van der Waals surface area (Å²) in [5.74, 6) is 0.889. The lowest BCUT2D eigenvalue weighted by molar-refractivity contribution is 0.317. The Morgan fingerprint density at radius 1 is 1.04 bits per heavy atom. The van der Waals surface area contributed by atoms with Crippen molar-refractivity contribution in [3.63, 3.8) is 0 Å². The number of benzene rings is 1. The molecule has 0 fully saturated rings. The molecule has 26 heavy (non-hydrogen) atoms. The fraction of sp³-hybridized carbons (Fsp3) is 0.158. The zero-order chi connectivity index (χ0) is 18.4. The number of hydrogen-bond acceptors (Lipinski definition) is 5. The molecule has 0 spiro atoms. The van der Waals surface area contributed by atoms with Gasteiger partial charge in [-0.2, -0.15) is 0 Å². The summed E-state index contributed by atoms with van der Waals surface area (Å²) in [5, 5.41) is 0. The van der Waals surface area contributed by atoms with Crippen molar-refractivity contribution in [3.8, 4) is 17.0 Å². The highest BCUT2D eigenvalue weighted by atomic mass is 32.2. The molecule has 1 aromatic carbocycles. The van der Waals surface area contributed by atoms with Gasteiger partial charge in [0, 0.05) is 18.0 Å². The molecule has 134 valence electrons. The standard InChI is InChI=1S/C19H19N3O3S/c1-2-13-25-16-8-10-17(11-9-16)26(23,24)22-19-7-3-6-18(21-19)15-5-4-12-20-14-15/h3-12,14H,2,13H2,1H3,(H,21,22). The fourth-order valence-corrected chi connectivity index (χ4v) is 3.30. The number of aromatic nitrogens is 2. The largest absolute Gasteiger partial charge is 0.494 e. The van der Waals surface area contributed by atoms with E-state index in [-0.39, 0.29) is 10.7 Å². The van der Waals surface area contributed by atoms with Gasteiger partial charge in [-0.15, -0.1) is 0 Å². The van der Waals surface area contributed by atoms with Crippen LogP contribution in [0, 0.1) is 0 Å². The zero-order valence-electron chi connectivity index (χ0n) is 14.3. The van der Waals surface area contributed by atoms with E-state index in [2.05, 4.69) is 14.7 Å². The van der Waals surface area contributed by atoms with E-state index < -0.39 is 10.0 Å². The molecular weight excluding hydrogens is 350 g/mol. The summed E-state index contributed by atoms with van der Waals surface area (Å²) in [4.78, 5) is 8.56. The predicted octanol–water partition coefficient (Wildman–Crippen LogP) is 3.73. The highest BCUT2D eigenvalue weighted by molar-refractivity contribution is 7.92. The second-order valence-corrected chi connectivity index (χ2v) is 7.26. The topological polar surface area (TPSA) is 81.2 Å². The van der Waals surface area contributed by atoms with Crippen LogP contribution < -0.4 is 9.46 Å². The van der Waals surface area contributed by atoms with Crippen molar-refractivity contribution in [2.45, 2.75) is 18.2 Å². The maximum Gasteiger partial charge on any atom is 0.263 e. The third-order valence-corrected chi connectivity index (χ3v) is 4.92. The molecular formula is C19H19N3O3S. The fourth-order valence-electron chi connectivity index (χ4n) is 2.30. The van der Waals surface area contributed by atoms with Gasteiger partial charge in [0.2, 0.25) is 0 Å². The maximum atomic E-state index is 12.6. The Kier molecular flexibility index (Phi) is 5.48. The SMILES string of the molecule is CCCOc1ccc(S(=O)(=O)Nc2cccc(-c3cccnc3)n2)cc1. The Hall–Kier alpha value is -2.93. The van der Waals surface area contributed by atoms with Gasteiger partial charge in [-0.05, 0) is 55.0 Å². The molecule has 6 nitrogen and oxygen atoms in total. The average Bonchev–Trinajstić information content (AvgIpc) is 2.67. The number of ether oxygens (including phenoxy) is 1. The summed E-state index contributed by atoms with van der Waals surface area (Å²) in [6.07, 6.45) is 4.24. The second kappa shape index (κ2) is 7.97. The van der Waals surface area contributed by atoms with E-state index in [9.17, 15) is 8.42 Å². The smallest absolute Gasteiger partial charge is 0.263 e. The first-order valence-corrected chi connectivity index (χ1v) is 9.70. The minimum atomic E-state index is -3.73. The summed E-state index contributed by atoms with van der Waals surface area (Å²) in [6.45, 7) is 2.60. The Morgan fingerprint density at radius 2 is 1.85 bits per heavy atom. The van der Waals surface area contributed by atoms with E-state index in [0.717, 1.165) is 12.0 Å². The molecule has 0 aliphatic carbocycles. The second-order valence-electron chi connectivity index (χ2n) is 5.58. The number of rotatable bonds is 7. The number of nitrogens with one attached hydrogen (secondary N) is 1. The Morgan fingerprint density at radius 3 is 2.54 bits per heavy atom. The van der Waals surface area contributed by atoms with E-state index in [1.807, 2.05) is 13.0 Å². The number of hydrogen-bond donors (Lipinski definition) is 1. The van der Waals surface area contributed by atoms with Crippen molar-refractivity contribution in [2.75, 3.05) is 11.3 Å². The van der Waals surface area contributed by atoms with Crippen molar-refractivity contribution in [1.82, 2.24) is 9.97 Å². The number of nitrogens with zero attached hydrogens (tertiary/aromatic N) is 2. The molecule has 2 heterocycles. The molecule has 0 aliphatic heterocycles. The van der Waals surface area contributed by atoms with Gasteiger partial charge in [0.1, 0.15) is 11.6 Å². The first-order valence-electron chi connectivity index (χ1n) is 8.21. The summed E-state index contributed by atoms with van der Waals surface area (Å²) in [7, 11) is -3.73. The molecule has 0 atom stereocenters. The van der Waals surface area contributed by atoms with Crippen LogP contribution in [0.1, 0.15) is 13.3 Å². The van der Waals surface area contributed by atoms with Crippen molar-refractivity contribution in [1.29, 1.82) is 0 Å². The highest BCUT2D eigenvalue weighted by Crippen LogP contribution is 2.21. The van der Waals surface area contributed by atoms with Gasteiger partial charge in [-0.1, -0.05) is 13.0 Å². The zero-order valence-corrected chi connectivity index (χ0v) is 15.1. The summed E-state index contributed by atoms with van der Waals surface area (Å²) in [6, 6.07) is 15.1. The van der Waals surface area contributed by atoms with Crippen molar-refractivity contribution in [2.24, 2.45) is 0 Å². The highest BCUT2D eigenvalue weighted by Gasteiger charge is 2.15. The first kappa shape index (κ1) is 17.9. The Labute approximate surface area is 153 Å². The molecule has 1 N–H and O–H groups in total. The number of sulfonamides is 1. The van der Waals surface area contributed by atoms with Crippen LogP contribution in [-0.4, -0.2) is 25.0 Å². The monoisotopic (exact) mass is 369 g/mol. The molecule has 0 unspecified atom stereocenters. The molecule has 3 aromatic rings.